The van der Waals surface area contributed by atoms with Crippen LogP contribution < -0.4 is 0 Å². The Hall–Kier alpha value is -0.850. The maximum atomic E-state index is 12.6. The fourth-order valence-corrected chi connectivity index (χ4v) is 1.19. The van der Waals surface area contributed by atoms with Gasteiger partial charge in [0.25, 0.3) is 0 Å². The molecule has 0 heterocycles. The number of halogens is 1. The second-order valence-corrected chi connectivity index (χ2v) is 2.53. The summed E-state index contributed by atoms with van der Waals surface area (Å²) < 4.78 is 12.6. The molecule has 0 fully saturated rings. The molecule has 0 N–H and O–H groups in total. The van der Waals surface area contributed by atoms with E-state index in [1.54, 1.807) is 6.07 Å². The molecule has 0 saturated carbocycles. The molecule has 1 radical (unpaired) electrons. The Bertz CT molecular complexity index is 241. The second kappa shape index (κ2) is 3.51. The predicted octanol–water partition coefficient (Wildman–Crippen LogP) is 2.75. The molecule has 1 heteroatoms. The first-order valence-electron chi connectivity index (χ1n) is 3.97. The van der Waals surface area contributed by atoms with Crippen molar-refractivity contribution < 1.29 is 4.39 Å². The third-order valence-electron chi connectivity index (χ3n) is 1.82. The van der Waals surface area contributed by atoms with Gasteiger partial charge in [-0.1, -0.05) is 13.8 Å². The minimum Gasteiger partial charge on any atom is -0.207 e. The number of benzene rings is 1. The highest BCUT2D eigenvalue weighted by Crippen LogP contribution is 2.11. The molecule has 0 aliphatic rings. The van der Waals surface area contributed by atoms with Crippen LogP contribution in [-0.2, 0) is 12.8 Å². The van der Waals surface area contributed by atoms with E-state index in [4.69, 9.17) is 0 Å². The summed E-state index contributed by atoms with van der Waals surface area (Å²) in [7, 11) is 0. The van der Waals surface area contributed by atoms with E-state index in [-0.39, 0.29) is 5.82 Å². The van der Waals surface area contributed by atoms with Gasteiger partial charge in [-0.25, -0.2) is 4.39 Å². The normalized spacial score (nSPS) is 10.1. The summed E-state index contributed by atoms with van der Waals surface area (Å²) in [5, 5.41) is 0. The van der Waals surface area contributed by atoms with Gasteiger partial charge in [-0.15, -0.1) is 0 Å². The summed E-state index contributed by atoms with van der Waals surface area (Å²) >= 11 is 0. The lowest BCUT2D eigenvalue weighted by molar-refractivity contribution is 0.624. The highest BCUT2D eigenvalue weighted by Gasteiger charge is 1.99. The van der Waals surface area contributed by atoms with Crippen LogP contribution in [0, 0.1) is 11.9 Å². The van der Waals surface area contributed by atoms with E-state index < -0.39 is 0 Å². The zero-order valence-electron chi connectivity index (χ0n) is 6.95. The lowest BCUT2D eigenvalue weighted by Gasteiger charge is -2.03. The van der Waals surface area contributed by atoms with E-state index >= 15 is 0 Å². The first-order valence-corrected chi connectivity index (χ1v) is 3.97. The van der Waals surface area contributed by atoms with Crippen LogP contribution in [0.4, 0.5) is 4.39 Å². The summed E-state index contributed by atoms with van der Waals surface area (Å²) in [6.45, 7) is 4.09. The highest BCUT2D eigenvalue weighted by atomic mass is 19.1. The standard InChI is InChI=1S/C10H12F/c1-3-8-5-6-10(11)7-9(8)4-2/h6-7H,3-4H2,1-2H3. The minimum atomic E-state index is -0.181. The number of hydrogen-bond acceptors (Lipinski definition) is 0. The van der Waals surface area contributed by atoms with Crippen molar-refractivity contribution in [1.29, 1.82) is 0 Å². The summed E-state index contributed by atoms with van der Waals surface area (Å²) in [6.07, 6.45) is 1.82. The number of hydrogen-bond donors (Lipinski definition) is 0. The van der Waals surface area contributed by atoms with Crippen molar-refractivity contribution in [2.24, 2.45) is 0 Å². The third kappa shape index (κ3) is 1.79. The largest absolute Gasteiger partial charge is 0.207 e. The molecule has 11 heavy (non-hydrogen) atoms. The Morgan fingerprint density at radius 1 is 1.36 bits per heavy atom. The van der Waals surface area contributed by atoms with E-state index in [1.807, 2.05) is 6.92 Å². The molecule has 0 amide bonds. The molecule has 0 spiro atoms. The van der Waals surface area contributed by atoms with Gasteiger partial charge in [-0.3, -0.25) is 0 Å². The van der Waals surface area contributed by atoms with Crippen molar-refractivity contribution in [3.63, 3.8) is 0 Å². The van der Waals surface area contributed by atoms with E-state index in [2.05, 4.69) is 13.0 Å². The molecular formula is C10H12F. The molecule has 0 aromatic heterocycles. The fourth-order valence-electron chi connectivity index (χ4n) is 1.19. The van der Waals surface area contributed by atoms with Gasteiger partial charge >= 0.3 is 0 Å². The monoisotopic (exact) mass is 151 g/mol. The van der Waals surface area contributed by atoms with Crippen molar-refractivity contribution in [3.8, 4) is 0 Å². The average Bonchev–Trinajstić information content (AvgIpc) is 2.04. The van der Waals surface area contributed by atoms with Crippen LogP contribution in [0.1, 0.15) is 25.0 Å². The van der Waals surface area contributed by atoms with Gasteiger partial charge in [-0.2, -0.15) is 0 Å². The molecular weight excluding hydrogens is 139 g/mol. The van der Waals surface area contributed by atoms with Crippen LogP contribution in [0.15, 0.2) is 12.1 Å². The Morgan fingerprint density at radius 2 is 2.09 bits per heavy atom. The van der Waals surface area contributed by atoms with Crippen LogP contribution in [0.3, 0.4) is 0 Å². The Labute approximate surface area is 67.1 Å². The Kier molecular flexibility index (Phi) is 2.64. The van der Waals surface area contributed by atoms with Crippen LogP contribution in [0.2, 0.25) is 0 Å². The zero-order chi connectivity index (χ0) is 8.27. The van der Waals surface area contributed by atoms with Gasteiger partial charge < -0.3 is 0 Å². The molecule has 0 saturated heterocycles. The van der Waals surface area contributed by atoms with E-state index in [9.17, 15) is 4.39 Å². The maximum Gasteiger partial charge on any atom is 0.124 e. The predicted molar refractivity (Wildman–Crippen MR) is 44.0 cm³/mol. The molecule has 59 valence electrons. The summed E-state index contributed by atoms with van der Waals surface area (Å²) in [6, 6.07) is 5.92. The summed E-state index contributed by atoms with van der Waals surface area (Å²) in [5.74, 6) is -0.181. The maximum absolute atomic E-state index is 12.6. The molecule has 0 unspecified atom stereocenters. The first kappa shape index (κ1) is 8.25. The molecule has 0 aliphatic heterocycles. The first-order chi connectivity index (χ1) is 5.27. The average molecular weight is 151 g/mol. The van der Waals surface area contributed by atoms with Crippen molar-refractivity contribution in [2.45, 2.75) is 26.7 Å². The zero-order valence-corrected chi connectivity index (χ0v) is 6.95. The van der Waals surface area contributed by atoms with Crippen LogP contribution in [0.5, 0.6) is 0 Å². The molecule has 1 aromatic rings. The van der Waals surface area contributed by atoms with Gasteiger partial charge in [0.15, 0.2) is 0 Å². The van der Waals surface area contributed by atoms with Gasteiger partial charge in [0.1, 0.15) is 5.82 Å². The van der Waals surface area contributed by atoms with Gasteiger partial charge in [0.05, 0.1) is 0 Å². The van der Waals surface area contributed by atoms with E-state index in [0.717, 1.165) is 24.0 Å². The van der Waals surface area contributed by atoms with Crippen molar-refractivity contribution >= 4 is 0 Å². The van der Waals surface area contributed by atoms with Crippen LogP contribution in [0.25, 0.3) is 0 Å². The second-order valence-electron chi connectivity index (χ2n) is 2.53. The highest BCUT2D eigenvalue weighted by molar-refractivity contribution is 5.26. The topological polar surface area (TPSA) is 0 Å². The van der Waals surface area contributed by atoms with Gasteiger partial charge in [0.2, 0.25) is 0 Å². The van der Waals surface area contributed by atoms with Gasteiger partial charge in [-0.05, 0) is 42.2 Å². The van der Waals surface area contributed by atoms with E-state index in [1.165, 1.54) is 6.07 Å². The molecule has 0 atom stereocenters. The van der Waals surface area contributed by atoms with Gasteiger partial charge in [0, 0.05) is 0 Å². The smallest absolute Gasteiger partial charge is 0.124 e. The molecule has 0 aliphatic carbocycles. The van der Waals surface area contributed by atoms with Crippen molar-refractivity contribution in [1.82, 2.24) is 0 Å². The lowest BCUT2D eigenvalue weighted by Crippen LogP contribution is -1.91. The quantitative estimate of drug-likeness (QED) is 0.609. The Balaban J connectivity index is 3.06. The lowest BCUT2D eigenvalue weighted by atomic mass is 10.0. The molecule has 1 aromatic carbocycles. The summed E-state index contributed by atoms with van der Waals surface area (Å²) in [5.41, 5.74) is 2.21. The number of aryl methyl sites for hydroxylation is 2. The Morgan fingerprint density at radius 3 is 2.64 bits per heavy atom. The van der Waals surface area contributed by atoms with Crippen LogP contribution in [-0.4, -0.2) is 0 Å². The van der Waals surface area contributed by atoms with E-state index in [0.29, 0.717) is 0 Å². The number of rotatable bonds is 2. The molecule has 1 rings (SSSR count). The van der Waals surface area contributed by atoms with Crippen LogP contribution >= 0.6 is 0 Å². The summed E-state index contributed by atoms with van der Waals surface area (Å²) in [4.78, 5) is 0. The molecule has 0 nitrogen and oxygen atoms in total. The third-order valence-corrected chi connectivity index (χ3v) is 1.82. The SMILES string of the molecule is CCc1[c]cc(F)cc1CC. The molecule has 0 bridgehead atoms. The fraction of sp³-hybridized carbons (Fsp3) is 0.400. The van der Waals surface area contributed by atoms with Crippen molar-refractivity contribution in [2.75, 3.05) is 0 Å². The minimum absolute atomic E-state index is 0.181. The van der Waals surface area contributed by atoms with Crippen molar-refractivity contribution in [3.05, 3.63) is 35.1 Å².